The van der Waals surface area contributed by atoms with Crippen molar-refractivity contribution in [1.29, 1.82) is 0 Å². The van der Waals surface area contributed by atoms with Gasteiger partial charge in [0.05, 0.1) is 12.2 Å². The lowest BCUT2D eigenvalue weighted by Crippen LogP contribution is -2.49. The molecular weight excluding hydrogens is 382 g/mol. The van der Waals surface area contributed by atoms with E-state index in [4.69, 9.17) is 4.74 Å². The van der Waals surface area contributed by atoms with Crippen molar-refractivity contribution in [3.63, 3.8) is 0 Å². The third kappa shape index (κ3) is 5.94. The number of rotatable bonds is 9. The molecule has 2 nitrogen and oxygen atoms in total. The zero-order chi connectivity index (χ0) is 21.5. The minimum atomic E-state index is -1.63. The molecular formula is C26H42F2O2. The zero-order valence-corrected chi connectivity index (χ0v) is 18.6. The number of aliphatic hydroxyl groups excluding tert-OH is 1. The summed E-state index contributed by atoms with van der Waals surface area (Å²) in [5.74, 6) is 1.77. The Morgan fingerprint density at radius 2 is 1.50 bits per heavy atom. The van der Waals surface area contributed by atoms with Crippen LogP contribution in [0, 0.1) is 29.6 Å². The summed E-state index contributed by atoms with van der Waals surface area (Å²) in [6.07, 6.45) is 11.2. The summed E-state index contributed by atoms with van der Waals surface area (Å²) >= 11 is 0. The maximum atomic E-state index is 14.9. The monoisotopic (exact) mass is 424 g/mol. The maximum absolute atomic E-state index is 14.9. The van der Waals surface area contributed by atoms with E-state index in [1.54, 1.807) is 0 Å². The van der Waals surface area contributed by atoms with Crippen LogP contribution in [0.25, 0.3) is 0 Å². The van der Waals surface area contributed by atoms with Crippen molar-refractivity contribution in [1.82, 2.24) is 0 Å². The molecule has 30 heavy (non-hydrogen) atoms. The quantitative estimate of drug-likeness (QED) is 0.334. The van der Waals surface area contributed by atoms with Crippen molar-refractivity contribution in [3.05, 3.63) is 25.3 Å². The Bertz CT molecular complexity index is 523. The van der Waals surface area contributed by atoms with Crippen LogP contribution >= 0.6 is 0 Å². The van der Waals surface area contributed by atoms with Crippen LogP contribution in [0.2, 0.25) is 0 Å². The molecule has 0 aliphatic heterocycles. The van der Waals surface area contributed by atoms with Crippen molar-refractivity contribution in [2.75, 3.05) is 6.61 Å². The molecule has 172 valence electrons. The highest BCUT2D eigenvalue weighted by molar-refractivity contribution is 4.95. The van der Waals surface area contributed by atoms with Crippen molar-refractivity contribution < 1.29 is 18.6 Å². The predicted octanol–water partition coefficient (Wildman–Crippen LogP) is 6.58. The Labute approximate surface area is 182 Å². The van der Waals surface area contributed by atoms with Crippen molar-refractivity contribution in [2.24, 2.45) is 29.6 Å². The highest BCUT2D eigenvalue weighted by atomic mass is 19.2. The molecule has 3 saturated carbocycles. The number of unbranched alkanes of at least 4 members (excludes halogenated alkanes) is 1. The van der Waals surface area contributed by atoms with Gasteiger partial charge in [-0.15, -0.1) is 13.2 Å². The molecule has 3 rings (SSSR count). The molecule has 3 aliphatic carbocycles. The highest BCUT2D eigenvalue weighted by Crippen LogP contribution is 2.44. The fraction of sp³-hybridized carbons (Fsp3) is 0.846. The van der Waals surface area contributed by atoms with E-state index in [0.29, 0.717) is 25.4 Å². The first-order valence-corrected chi connectivity index (χ1v) is 12.4. The number of hydrogen-bond donors (Lipinski definition) is 1. The molecule has 0 bridgehead atoms. The van der Waals surface area contributed by atoms with E-state index < -0.39 is 30.5 Å². The zero-order valence-electron chi connectivity index (χ0n) is 18.6. The van der Waals surface area contributed by atoms with Crippen LogP contribution in [-0.2, 0) is 4.74 Å². The summed E-state index contributed by atoms with van der Waals surface area (Å²) in [7, 11) is 0. The van der Waals surface area contributed by atoms with Gasteiger partial charge in [-0.2, -0.15) is 0 Å². The molecule has 0 aromatic heterocycles. The topological polar surface area (TPSA) is 29.5 Å². The highest BCUT2D eigenvalue weighted by Gasteiger charge is 2.46. The molecule has 3 aliphatic rings. The lowest BCUT2D eigenvalue weighted by Gasteiger charge is -2.42. The van der Waals surface area contributed by atoms with E-state index >= 15 is 0 Å². The molecule has 1 N–H and O–H groups in total. The van der Waals surface area contributed by atoms with Gasteiger partial charge in [0, 0.05) is 12.5 Å². The normalized spacial score (nSPS) is 41.2. The number of allylic oxidation sites excluding steroid dienone is 2. The SMILES string of the molecule is C=CCCCOC1CCC(C(O)C2CCC(C3CCC(C=C)CC3)CC2)C(F)C1F. The third-order valence-corrected chi connectivity index (χ3v) is 8.29. The number of ether oxygens (including phenoxy) is 1. The number of hydrogen-bond acceptors (Lipinski definition) is 2. The molecule has 5 unspecified atom stereocenters. The minimum Gasteiger partial charge on any atom is -0.392 e. The molecule has 5 atom stereocenters. The molecule has 0 amide bonds. The Kier molecular flexibility index (Phi) is 9.37. The Morgan fingerprint density at radius 1 is 0.867 bits per heavy atom. The number of aliphatic hydroxyl groups is 1. The van der Waals surface area contributed by atoms with Gasteiger partial charge in [-0.25, -0.2) is 8.78 Å². The van der Waals surface area contributed by atoms with Gasteiger partial charge < -0.3 is 9.84 Å². The summed E-state index contributed by atoms with van der Waals surface area (Å²) in [5, 5.41) is 10.9. The molecule has 0 aromatic rings. The largest absolute Gasteiger partial charge is 0.392 e. The van der Waals surface area contributed by atoms with Gasteiger partial charge in [0.25, 0.3) is 0 Å². The first-order chi connectivity index (χ1) is 14.5. The van der Waals surface area contributed by atoms with Crippen molar-refractivity contribution in [2.45, 2.75) is 102 Å². The molecule has 0 aromatic carbocycles. The lowest BCUT2D eigenvalue weighted by molar-refractivity contribution is -0.109. The van der Waals surface area contributed by atoms with Gasteiger partial charge in [-0.3, -0.25) is 0 Å². The van der Waals surface area contributed by atoms with Gasteiger partial charge in [-0.1, -0.05) is 12.2 Å². The molecule has 0 spiro atoms. The van der Waals surface area contributed by atoms with Crippen LogP contribution in [0.4, 0.5) is 8.78 Å². The van der Waals surface area contributed by atoms with Gasteiger partial charge in [-0.05, 0) is 101 Å². The predicted molar refractivity (Wildman–Crippen MR) is 119 cm³/mol. The van der Waals surface area contributed by atoms with E-state index in [1.165, 1.54) is 25.7 Å². The first-order valence-electron chi connectivity index (χ1n) is 12.4. The summed E-state index contributed by atoms with van der Waals surface area (Å²) in [6.45, 7) is 8.04. The molecule has 4 heteroatoms. The van der Waals surface area contributed by atoms with E-state index in [9.17, 15) is 13.9 Å². The van der Waals surface area contributed by atoms with Gasteiger partial charge in [0.1, 0.15) is 6.17 Å². The van der Waals surface area contributed by atoms with Crippen molar-refractivity contribution in [3.8, 4) is 0 Å². The summed E-state index contributed by atoms with van der Waals surface area (Å²) in [5.41, 5.74) is 0. The fourth-order valence-electron chi connectivity index (χ4n) is 6.27. The van der Waals surface area contributed by atoms with Crippen LogP contribution < -0.4 is 0 Å². The standard InChI is InChI=1S/C26H42F2O2/c1-3-5-6-17-30-23-16-15-22(24(27)25(23)28)26(29)21-13-11-20(12-14-21)19-9-7-18(4-2)8-10-19/h3-4,18-26,29H,1-2,5-17H2. The van der Waals surface area contributed by atoms with Crippen molar-refractivity contribution >= 4 is 0 Å². The maximum Gasteiger partial charge on any atom is 0.157 e. The van der Waals surface area contributed by atoms with E-state index in [-0.39, 0.29) is 5.92 Å². The van der Waals surface area contributed by atoms with Crippen LogP contribution in [0.1, 0.15) is 77.0 Å². The number of alkyl halides is 2. The average Bonchev–Trinajstić information content (AvgIpc) is 2.79. The summed E-state index contributed by atoms with van der Waals surface area (Å²) in [6, 6.07) is 0. The van der Waals surface area contributed by atoms with Gasteiger partial charge in [0.15, 0.2) is 6.17 Å². The third-order valence-electron chi connectivity index (χ3n) is 8.29. The van der Waals surface area contributed by atoms with Crippen LogP contribution in [0.3, 0.4) is 0 Å². The molecule has 3 fully saturated rings. The fourth-order valence-corrected chi connectivity index (χ4v) is 6.27. The van der Waals surface area contributed by atoms with Gasteiger partial charge in [0.2, 0.25) is 0 Å². The lowest BCUT2D eigenvalue weighted by atomic mass is 9.66. The smallest absolute Gasteiger partial charge is 0.157 e. The van der Waals surface area contributed by atoms with E-state index in [1.807, 2.05) is 6.08 Å². The van der Waals surface area contributed by atoms with E-state index in [2.05, 4.69) is 19.2 Å². The number of halogens is 2. The second-order valence-electron chi connectivity index (χ2n) is 10.0. The Hall–Kier alpha value is -0.740. The van der Waals surface area contributed by atoms with Crippen LogP contribution in [0.15, 0.2) is 25.3 Å². The second kappa shape index (κ2) is 11.8. The summed E-state index contributed by atoms with van der Waals surface area (Å²) < 4.78 is 35.1. The molecule has 0 heterocycles. The van der Waals surface area contributed by atoms with Crippen LogP contribution in [0.5, 0.6) is 0 Å². The minimum absolute atomic E-state index is 0.117. The average molecular weight is 425 g/mol. The molecule has 0 radical (unpaired) electrons. The van der Waals surface area contributed by atoms with Gasteiger partial charge >= 0.3 is 0 Å². The first kappa shape index (κ1) is 23.9. The second-order valence-corrected chi connectivity index (χ2v) is 10.0. The van der Waals surface area contributed by atoms with E-state index in [0.717, 1.165) is 50.4 Å². The Balaban J connectivity index is 1.43. The Morgan fingerprint density at radius 3 is 2.10 bits per heavy atom. The van der Waals surface area contributed by atoms with Crippen LogP contribution in [-0.4, -0.2) is 36.3 Å². The summed E-state index contributed by atoms with van der Waals surface area (Å²) in [4.78, 5) is 0. The molecule has 0 saturated heterocycles.